The van der Waals surface area contributed by atoms with Crippen LogP contribution in [0.5, 0.6) is 0 Å². The fourth-order valence-electron chi connectivity index (χ4n) is 2.25. The number of nitrogens with zero attached hydrogens (tertiary/aromatic N) is 1. The first-order valence-corrected chi connectivity index (χ1v) is 6.34. The van der Waals surface area contributed by atoms with Crippen LogP contribution in [0.1, 0.15) is 22.3 Å². The Kier molecular flexibility index (Phi) is 4.32. The number of aryl methyl sites for hydroxylation is 1. The van der Waals surface area contributed by atoms with Gasteiger partial charge in [-0.15, -0.1) is 0 Å². The van der Waals surface area contributed by atoms with Gasteiger partial charge in [0.05, 0.1) is 6.61 Å². The molecule has 0 atom stereocenters. The summed E-state index contributed by atoms with van der Waals surface area (Å²) < 4.78 is 18.1. The van der Waals surface area contributed by atoms with Gasteiger partial charge >= 0.3 is 0 Å². The van der Waals surface area contributed by atoms with Crippen LogP contribution >= 0.6 is 0 Å². The lowest BCUT2D eigenvalue weighted by Gasteiger charge is -2.27. The molecule has 0 spiro atoms. The van der Waals surface area contributed by atoms with E-state index in [1.807, 2.05) is 6.08 Å². The first-order chi connectivity index (χ1) is 9.11. The molecule has 102 valence electrons. The van der Waals surface area contributed by atoms with Crippen molar-refractivity contribution in [1.82, 2.24) is 4.90 Å². The molecule has 1 amide bonds. The highest BCUT2D eigenvalue weighted by molar-refractivity contribution is 5.95. The number of benzene rings is 1. The number of ether oxygens (including phenoxy) is 1. The van der Waals surface area contributed by atoms with E-state index in [0.717, 1.165) is 6.42 Å². The Labute approximate surface area is 112 Å². The van der Waals surface area contributed by atoms with E-state index in [4.69, 9.17) is 4.74 Å². The van der Waals surface area contributed by atoms with Crippen LogP contribution in [0.25, 0.3) is 0 Å². The Bertz CT molecular complexity index is 511. The number of hydrogen-bond acceptors (Lipinski definition) is 2. The maximum Gasteiger partial charge on any atom is 0.254 e. The Hall–Kier alpha value is -1.68. The average Bonchev–Trinajstić information content (AvgIpc) is 2.39. The highest BCUT2D eigenvalue weighted by atomic mass is 19.1. The molecule has 4 heteroatoms. The van der Waals surface area contributed by atoms with Crippen LogP contribution in [0.15, 0.2) is 29.8 Å². The van der Waals surface area contributed by atoms with Crippen molar-refractivity contribution in [1.29, 1.82) is 0 Å². The van der Waals surface area contributed by atoms with E-state index in [2.05, 4.69) is 0 Å². The smallest absolute Gasteiger partial charge is 0.254 e. The maximum absolute atomic E-state index is 13.0. The molecular weight excluding hydrogens is 245 g/mol. The van der Waals surface area contributed by atoms with Crippen LogP contribution in [0.3, 0.4) is 0 Å². The predicted molar refractivity (Wildman–Crippen MR) is 71.6 cm³/mol. The number of hydrogen-bond donors (Lipinski definition) is 0. The van der Waals surface area contributed by atoms with Crippen LogP contribution in [0.2, 0.25) is 0 Å². The van der Waals surface area contributed by atoms with Gasteiger partial charge in [-0.25, -0.2) is 4.39 Å². The predicted octanol–water partition coefficient (Wildman–Crippen LogP) is 2.55. The zero-order chi connectivity index (χ0) is 13.8. The van der Waals surface area contributed by atoms with Crippen molar-refractivity contribution in [3.8, 4) is 0 Å². The van der Waals surface area contributed by atoms with Crippen LogP contribution in [-0.2, 0) is 4.74 Å². The largest absolute Gasteiger partial charge is 0.380 e. The quantitative estimate of drug-likeness (QED) is 0.784. The van der Waals surface area contributed by atoms with E-state index in [9.17, 15) is 9.18 Å². The molecule has 0 saturated carbocycles. The average molecular weight is 263 g/mol. The number of rotatable bonds is 3. The Balaban J connectivity index is 2.09. The number of amides is 1. The normalized spacial score (nSPS) is 15.3. The SMILES string of the molecule is COCC1=CCN(C(=O)c2ccc(F)cc2C)CC1. The molecule has 0 bridgehead atoms. The van der Waals surface area contributed by atoms with Gasteiger partial charge in [-0.1, -0.05) is 6.08 Å². The Morgan fingerprint density at radius 3 is 2.84 bits per heavy atom. The minimum absolute atomic E-state index is 0.0368. The zero-order valence-corrected chi connectivity index (χ0v) is 11.3. The summed E-state index contributed by atoms with van der Waals surface area (Å²) in [5.41, 5.74) is 2.48. The van der Waals surface area contributed by atoms with Crippen LogP contribution in [0, 0.1) is 12.7 Å². The molecule has 0 radical (unpaired) electrons. The van der Waals surface area contributed by atoms with Crippen molar-refractivity contribution in [3.63, 3.8) is 0 Å². The monoisotopic (exact) mass is 263 g/mol. The minimum Gasteiger partial charge on any atom is -0.380 e. The van der Waals surface area contributed by atoms with Gasteiger partial charge in [-0.2, -0.15) is 0 Å². The summed E-state index contributed by atoms with van der Waals surface area (Å²) in [6, 6.07) is 4.28. The first-order valence-electron chi connectivity index (χ1n) is 6.34. The molecule has 1 aromatic rings. The van der Waals surface area contributed by atoms with Crippen molar-refractivity contribution >= 4 is 5.91 Å². The summed E-state index contributed by atoms with van der Waals surface area (Å²) >= 11 is 0. The fraction of sp³-hybridized carbons (Fsp3) is 0.400. The molecule has 1 aliphatic heterocycles. The third-order valence-corrected chi connectivity index (χ3v) is 3.34. The number of carbonyl (C=O) groups is 1. The van der Waals surface area contributed by atoms with Gasteiger partial charge < -0.3 is 9.64 Å². The standard InChI is InChI=1S/C15H18FNO2/c1-11-9-13(16)3-4-14(11)15(18)17-7-5-12(6-8-17)10-19-2/h3-5,9H,6-8,10H2,1-2H3. The molecule has 2 rings (SSSR count). The molecule has 0 aliphatic carbocycles. The highest BCUT2D eigenvalue weighted by Gasteiger charge is 2.20. The van der Waals surface area contributed by atoms with Gasteiger partial charge in [-0.3, -0.25) is 4.79 Å². The van der Waals surface area contributed by atoms with Gasteiger partial charge in [0.15, 0.2) is 0 Å². The molecule has 0 fully saturated rings. The van der Waals surface area contributed by atoms with E-state index in [1.165, 1.54) is 17.7 Å². The molecular formula is C15H18FNO2. The van der Waals surface area contributed by atoms with Gasteiger partial charge in [0.1, 0.15) is 5.82 Å². The van der Waals surface area contributed by atoms with Gasteiger partial charge in [-0.05, 0) is 42.7 Å². The summed E-state index contributed by atoms with van der Waals surface area (Å²) in [6.07, 6.45) is 2.86. The lowest BCUT2D eigenvalue weighted by Crippen LogP contribution is -2.35. The van der Waals surface area contributed by atoms with Gasteiger partial charge in [0.25, 0.3) is 5.91 Å². The molecule has 19 heavy (non-hydrogen) atoms. The second-order valence-electron chi connectivity index (χ2n) is 4.76. The fourth-order valence-corrected chi connectivity index (χ4v) is 2.25. The van der Waals surface area contributed by atoms with Gasteiger partial charge in [0.2, 0.25) is 0 Å². The van der Waals surface area contributed by atoms with E-state index in [0.29, 0.717) is 30.8 Å². The summed E-state index contributed by atoms with van der Waals surface area (Å²) in [4.78, 5) is 14.1. The van der Waals surface area contributed by atoms with E-state index < -0.39 is 0 Å². The number of carbonyl (C=O) groups excluding carboxylic acids is 1. The van der Waals surface area contributed by atoms with Gasteiger partial charge in [0, 0.05) is 25.8 Å². The molecule has 3 nitrogen and oxygen atoms in total. The minimum atomic E-state index is -0.310. The Morgan fingerprint density at radius 2 is 2.26 bits per heavy atom. The van der Waals surface area contributed by atoms with Crippen molar-refractivity contribution < 1.29 is 13.9 Å². The first kappa shape index (κ1) is 13.7. The molecule has 0 unspecified atom stereocenters. The van der Waals surface area contributed by atoms with E-state index in [-0.39, 0.29) is 11.7 Å². The highest BCUT2D eigenvalue weighted by Crippen LogP contribution is 2.17. The molecule has 0 saturated heterocycles. The van der Waals surface area contributed by atoms with E-state index >= 15 is 0 Å². The van der Waals surface area contributed by atoms with E-state index in [1.54, 1.807) is 25.0 Å². The molecule has 0 aromatic heterocycles. The van der Waals surface area contributed by atoms with Crippen LogP contribution in [-0.4, -0.2) is 37.6 Å². The van der Waals surface area contributed by atoms with Crippen LogP contribution in [0.4, 0.5) is 4.39 Å². The van der Waals surface area contributed by atoms with Crippen molar-refractivity contribution in [2.24, 2.45) is 0 Å². The number of methoxy groups -OCH3 is 1. The third kappa shape index (κ3) is 3.20. The third-order valence-electron chi connectivity index (χ3n) is 3.34. The second-order valence-corrected chi connectivity index (χ2v) is 4.76. The lowest BCUT2D eigenvalue weighted by molar-refractivity contribution is 0.0764. The summed E-state index contributed by atoms with van der Waals surface area (Å²) in [5.74, 6) is -0.347. The summed E-state index contributed by atoms with van der Waals surface area (Å²) in [5, 5.41) is 0. The molecule has 0 N–H and O–H groups in total. The van der Waals surface area contributed by atoms with Crippen LogP contribution < -0.4 is 0 Å². The summed E-state index contributed by atoms with van der Waals surface area (Å²) in [7, 11) is 1.67. The van der Waals surface area contributed by atoms with Crippen molar-refractivity contribution in [2.45, 2.75) is 13.3 Å². The Morgan fingerprint density at radius 1 is 1.47 bits per heavy atom. The maximum atomic E-state index is 13.0. The van der Waals surface area contributed by atoms with Crippen molar-refractivity contribution in [3.05, 3.63) is 46.8 Å². The lowest BCUT2D eigenvalue weighted by atomic mass is 10.0. The topological polar surface area (TPSA) is 29.5 Å². The summed E-state index contributed by atoms with van der Waals surface area (Å²) in [6.45, 7) is 3.66. The zero-order valence-electron chi connectivity index (χ0n) is 11.3. The van der Waals surface area contributed by atoms with Crippen molar-refractivity contribution in [2.75, 3.05) is 26.8 Å². The molecule has 1 aromatic carbocycles. The molecule has 1 aliphatic rings. The number of halogens is 1. The molecule has 1 heterocycles. The second kappa shape index (κ2) is 5.97.